The van der Waals surface area contributed by atoms with Crippen molar-refractivity contribution in [3.63, 3.8) is 0 Å². The third-order valence-electron chi connectivity index (χ3n) is 10.7. The molecule has 4 atom stereocenters. The lowest BCUT2D eigenvalue weighted by molar-refractivity contribution is -0.159. The maximum absolute atomic E-state index is 14.8. The normalized spacial score (nSPS) is 20.1. The molecule has 61 heavy (non-hydrogen) atoms. The maximum atomic E-state index is 14.8. The Bertz CT molecular complexity index is 2370. The number of amides is 5. The van der Waals surface area contributed by atoms with Crippen molar-refractivity contribution in [1.29, 1.82) is 0 Å². The van der Waals surface area contributed by atoms with Crippen LogP contribution in [0.3, 0.4) is 0 Å². The lowest BCUT2D eigenvalue weighted by atomic mass is 9.96. The first-order chi connectivity index (χ1) is 29.6. The molecule has 14 nitrogen and oxygen atoms in total. The van der Waals surface area contributed by atoms with Crippen molar-refractivity contribution in [3.8, 4) is 0 Å². The van der Waals surface area contributed by atoms with Crippen molar-refractivity contribution in [2.24, 2.45) is 10.8 Å². The zero-order chi connectivity index (χ0) is 42.5. The van der Waals surface area contributed by atoms with E-state index in [2.05, 4.69) is 10.4 Å². The lowest BCUT2D eigenvalue weighted by Gasteiger charge is -2.41. The Hall–Kier alpha value is -7.26. The largest absolute Gasteiger partial charge is 0.452 e. The Balaban J connectivity index is 1.09. The Morgan fingerprint density at radius 2 is 1.15 bits per heavy atom. The molecule has 3 heterocycles. The van der Waals surface area contributed by atoms with Crippen molar-refractivity contribution < 1.29 is 38.2 Å². The molecular formula is C46H40N6O8S. The molecule has 5 aromatic carbocycles. The molecule has 5 aromatic rings. The van der Waals surface area contributed by atoms with Gasteiger partial charge in [0, 0.05) is 6.54 Å². The summed E-state index contributed by atoms with van der Waals surface area (Å²) in [5.74, 6) is -5.30. The number of rotatable bonds is 14. The van der Waals surface area contributed by atoms with Gasteiger partial charge in [-0.25, -0.2) is 14.6 Å². The van der Waals surface area contributed by atoms with Crippen LogP contribution >= 0.6 is 11.8 Å². The summed E-state index contributed by atoms with van der Waals surface area (Å²) < 4.78 is 12.5. The summed E-state index contributed by atoms with van der Waals surface area (Å²) in [6.07, 6.45) is -0.929. The number of hydrogen-bond donors (Lipinski definition) is 2. The van der Waals surface area contributed by atoms with Crippen LogP contribution in [0.4, 0.5) is 4.79 Å². The van der Waals surface area contributed by atoms with Crippen LogP contribution in [0.1, 0.15) is 45.9 Å². The molecule has 8 rings (SSSR count). The number of esters is 2. The van der Waals surface area contributed by atoms with Gasteiger partial charge in [0.05, 0.1) is 13.1 Å². The molecule has 3 fully saturated rings. The quantitative estimate of drug-likeness (QED) is 0.0692. The summed E-state index contributed by atoms with van der Waals surface area (Å²) >= 11 is 0.985. The second-order valence-electron chi connectivity index (χ2n) is 14.5. The average Bonchev–Trinajstić information content (AvgIpc) is 3.86. The van der Waals surface area contributed by atoms with E-state index in [9.17, 15) is 28.8 Å². The zero-order valence-electron chi connectivity index (χ0n) is 32.6. The van der Waals surface area contributed by atoms with E-state index in [-0.39, 0.29) is 19.6 Å². The third-order valence-corrected chi connectivity index (χ3v) is 12.4. The van der Waals surface area contributed by atoms with E-state index in [1.807, 2.05) is 121 Å². The van der Waals surface area contributed by atoms with Crippen LogP contribution in [0.2, 0.25) is 0 Å². The number of thioether (sulfide) groups is 1. The van der Waals surface area contributed by atoms with Gasteiger partial charge >= 0.3 is 18.0 Å². The number of nitrogens with zero attached hydrogens (tertiary/aromatic N) is 4. The molecule has 15 heteroatoms. The Morgan fingerprint density at radius 1 is 0.689 bits per heavy atom. The van der Waals surface area contributed by atoms with Gasteiger partial charge in [0.25, 0.3) is 5.91 Å². The molecule has 3 aliphatic heterocycles. The SMILES string of the molecule is NC(=O)/C=N/N1CCN([C@]2(C(=O)OC(c3ccccc3)c3ccccc3)CN3C(=O)[C@@H](NC(=O)C(C(=O)OC(c4ccccc4)c4ccccc4)c4ccccc4)[C@H]3S2)C1=O. The maximum Gasteiger partial charge on any atom is 0.345 e. The van der Waals surface area contributed by atoms with E-state index in [0.717, 1.165) is 23.0 Å². The van der Waals surface area contributed by atoms with Gasteiger partial charge in [-0.1, -0.05) is 163 Å². The van der Waals surface area contributed by atoms with Crippen LogP contribution in [0.25, 0.3) is 0 Å². The second kappa shape index (κ2) is 17.5. The highest BCUT2D eigenvalue weighted by molar-refractivity contribution is 8.02. The Labute approximate surface area is 355 Å². The minimum absolute atomic E-state index is 0.00556. The number of ether oxygens (including phenoxy) is 2. The van der Waals surface area contributed by atoms with Gasteiger partial charge < -0.3 is 25.4 Å². The molecule has 0 bridgehead atoms. The van der Waals surface area contributed by atoms with Crippen molar-refractivity contribution in [2.75, 3.05) is 19.6 Å². The van der Waals surface area contributed by atoms with E-state index in [0.29, 0.717) is 27.8 Å². The summed E-state index contributed by atoms with van der Waals surface area (Å²) in [4.78, 5) is 83.9. The molecule has 0 saturated carbocycles. The standard InChI is InChI=1S/C46H40N6O8S/c47-35(53)28-48-52-27-26-51(45(52)58)46(44(57)60-39(33-22-12-4-13-23-33)34-24-14-5-15-25-34)29-50-41(55)37(42(50)61-46)49-40(54)36(30-16-6-1-7-17-30)43(56)59-38(31-18-8-2-9-19-31)32-20-10-3-11-21-32/h1-25,28,36-39,42H,26-27,29H2,(H2,47,53)(H,49,54)/b48-28+/t36?,37-,42-,46-/m1/s1. The summed E-state index contributed by atoms with van der Waals surface area (Å²) in [6, 6.07) is 43.0. The van der Waals surface area contributed by atoms with Gasteiger partial charge in [0.2, 0.25) is 16.7 Å². The molecule has 5 amide bonds. The molecule has 0 aliphatic carbocycles. The highest BCUT2D eigenvalue weighted by atomic mass is 32.2. The van der Waals surface area contributed by atoms with Crippen LogP contribution in [-0.2, 0) is 33.4 Å². The van der Waals surface area contributed by atoms with Crippen molar-refractivity contribution >= 4 is 53.7 Å². The Morgan fingerprint density at radius 3 is 1.62 bits per heavy atom. The van der Waals surface area contributed by atoms with Crippen LogP contribution in [-0.4, -0.2) is 92.6 Å². The zero-order valence-corrected chi connectivity index (χ0v) is 33.4. The summed E-state index contributed by atoms with van der Waals surface area (Å²) in [6.45, 7) is -0.288. The van der Waals surface area contributed by atoms with Gasteiger partial charge in [0.15, 0.2) is 18.1 Å². The molecule has 3 N–H and O–H groups in total. The number of benzene rings is 5. The van der Waals surface area contributed by atoms with Crippen LogP contribution in [0.15, 0.2) is 157 Å². The van der Waals surface area contributed by atoms with Gasteiger partial charge in [-0.05, 0) is 27.8 Å². The van der Waals surface area contributed by atoms with Crippen molar-refractivity contribution in [3.05, 3.63) is 179 Å². The number of hydrazone groups is 1. The van der Waals surface area contributed by atoms with Crippen molar-refractivity contribution in [1.82, 2.24) is 20.1 Å². The average molecular weight is 837 g/mol. The predicted octanol–water partition coefficient (Wildman–Crippen LogP) is 4.74. The van der Waals surface area contributed by atoms with E-state index in [4.69, 9.17) is 15.2 Å². The first-order valence-electron chi connectivity index (χ1n) is 19.5. The molecular weight excluding hydrogens is 797 g/mol. The number of carbonyl (C=O) groups excluding carboxylic acids is 6. The molecule has 3 aliphatic rings. The summed E-state index contributed by atoms with van der Waals surface area (Å²) in [5, 5.41) is 6.87. The molecule has 308 valence electrons. The molecule has 3 saturated heterocycles. The van der Waals surface area contributed by atoms with Crippen LogP contribution in [0.5, 0.6) is 0 Å². The minimum Gasteiger partial charge on any atom is -0.452 e. The fourth-order valence-corrected chi connectivity index (χ4v) is 9.40. The first-order valence-corrected chi connectivity index (χ1v) is 20.4. The third kappa shape index (κ3) is 8.19. The van der Waals surface area contributed by atoms with E-state index in [1.165, 1.54) is 9.80 Å². The number of β-lactam (4-membered cyclic amide) rings is 1. The monoisotopic (exact) mass is 836 g/mol. The number of nitrogens with one attached hydrogen (secondary N) is 1. The van der Waals surface area contributed by atoms with Crippen LogP contribution < -0.4 is 11.1 Å². The topological polar surface area (TPSA) is 181 Å². The number of fused-ring (bicyclic) bond motifs is 1. The van der Waals surface area contributed by atoms with E-state index >= 15 is 0 Å². The highest BCUT2D eigenvalue weighted by Crippen LogP contribution is 2.51. The summed E-state index contributed by atoms with van der Waals surface area (Å²) in [7, 11) is 0. The van der Waals surface area contributed by atoms with Gasteiger partial charge in [-0.15, -0.1) is 0 Å². The molecule has 0 aromatic heterocycles. The minimum atomic E-state index is -1.81. The number of primary amides is 1. The Kier molecular flexibility index (Phi) is 11.6. The highest BCUT2D eigenvalue weighted by Gasteiger charge is 2.67. The lowest BCUT2D eigenvalue weighted by Crippen LogP contribution is -2.68. The van der Waals surface area contributed by atoms with Gasteiger partial charge in [-0.2, -0.15) is 5.10 Å². The fourth-order valence-electron chi connectivity index (χ4n) is 7.72. The number of hydrogen-bond acceptors (Lipinski definition) is 10. The second-order valence-corrected chi connectivity index (χ2v) is 15.9. The number of nitrogens with two attached hydrogens (primary N) is 1. The van der Waals surface area contributed by atoms with Gasteiger partial charge in [-0.3, -0.25) is 24.1 Å². The molecule has 0 spiro atoms. The fraction of sp³-hybridized carbons (Fsp3) is 0.196. The van der Waals surface area contributed by atoms with E-state index in [1.54, 1.807) is 30.3 Å². The number of urea groups is 1. The van der Waals surface area contributed by atoms with Crippen molar-refractivity contribution in [2.45, 2.75) is 34.4 Å². The smallest absolute Gasteiger partial charge is 0.345 e. The predicted molar refractivity (Wildman–Crippen MR) is 225 cm³/mol. The van der Waals surface area contributed by atoms with Gasteiger partial charge in [0.1, 0.15) is 17.6 Å². The first kappa shape index (κ1) is 40.5. The summed E-state index contributed by atoms with van der Waals surface area (Å²) in [5.41, 5.74) is 8.34. The van der Waals surface area contributed by atoms with E-state index < -0.39 is 70.1 Å². The van der Waals surface area contributed by atoms with Crippen LogP contribution in [0, 0.1) is 0 Å². The molecule has 1 unspecified atom stereocenters. The molecule has 0 radical (unpaired) electrons. The number of carbonyl (C=O) groups is 6.